The van der Waals surface area contributed by atoms with Gasteiger partial charge in [0, 0.05) is 12.1 Å². The number of aliphatic hydroxyl groups excluding tert-OH is 1. The van der Waals surface area contributed by atoms with Gasteiger partial charge in [0.05, 0.1) is 11.7 Å². The average Bonchev–Trinajstić information content (AvgIpc) is 2.41. The van der Waals surface area contributed by atoms with Crippen LogP contribution in [-0.4, -0.2) is 34.0 Å². The number of hydrogen-bond donors (Lipinski definition) is 3. The lowest BCUT2D eigenvalue weighted by Crippen LogP contribution is -2.54. The molecule has 1 aliphatic rings. The van der Waals surface area contributed by atoms with E-state index < -0.39 is 11.7 Å². The zero-order chi connectivity index (χ0) is 12.2. The van der Waals surface area contributed by atoms with E-state index in [1.54, 1.807) is 6.92 Å². The first-order chi connectivity index (χ1) is 7.36. The van der Waals surface area contributed by atoms with Crippen molar-refractivity contribution in [3.63, 3.8) is 0 Å². The van der Waals surface area contributed by atoms with Crippen molar-refractivity contribution in [2.24, 2.45) is 0 Å². The maximum atomic E-state index is 10.5. The van der Waals surface area contributed by atoms with Crippen LogP contribution in [0.25, 0.3) is 0 Å². The van der Waals surface area contributed by atoms with Crippen LogP contribution in [0.1, 0.15) is 59.3 Å². The van der Waals surface area contributed by atoms with Crippen LogP contribution in [0.2, 0.25) is 0 Å². The van der Waals surface area contributed by atoms with E-state index in [1.165, 1.54) is 12.8 Å². The number of β-amino-alcohol motifs (C(OH)–C–C–N with tert-alkyl or cyclic N) is 1. The van der Waals surface area contributed by atoms with E-state index in [-0.39, 0.29) is 5.54 Å². The summed E-state index contributed by atoms with van der Waals surface area (Å²) in [5, 5.41) is 23.4. The Hall–Kier alpha value is -0.120. The molecule has 0 bridgehead atoms. The van der Waals surface area contributed by atoms with Crippen molar-refractivity contribution in [3.05, 3.63) is 0 Å². The third kappa shape index (κ3) is 4.04. The molecule has 0 amide bonds. The molecular weight excluding hydrogens is 202 g/mol. The van der Waals surface area contributed by atoms with Gasteiger partial charge in [-0.25, -0.2) is 0 Å². The summed E-state index contributed by atoms with van der Waals surface area (Å²) in [6.07, 6.45) is 6.07. The fourth-order valence-electron chi connectivity index (χ4n) is 2.10. The molecule has 3 heteroatoms. The van der Waals surface area contributed by atoms with Gasteiger partial charge in [-0.1, -0.05) is 25.7 Å². The Morgan fingerprint density at radius 1 is 1.19 bits per heavy atom. The second-order valence-electron chi connectivity index (χ2n) is 5.89. The molecule has 1 rings (SSSR count). The SMILES string of the molecule is CC(O)C(C)(C)NCC1(O)CCCCCC1. The van der Waals surface area contributed by atoms with Gasteiger partial charge in [-0.15, -0.1) is 0 Å². The summed E-state index contributed by atoms with van der Waals surface area (Å²) in [6, 6.07) is 0. The second kappa shape index (κ2) is 5.48. The third-order valence-corrected chi connectivity index (χ3v) is 3.95. The van der Waals surface area contributed by atoms with Gasteiger partial charge in [0.1, 0.15) is 0 Å². The minimum Gasteiger partial charge on any atom is -0.392 e. The van der Waals surface area contributed by atoms with E-state index in [4.69, 9.17) is 0 Å². The molecule has 16 heavy (non-hydrogen) atoms. The number of aliphatic hydroxyl groups is 2. The summed E-state index contributed by atoms with van der Waals surface area (Å²) >= 11 is 0. The second-order valence-corrected chi connectivity index (χ2v) is 5.89. The van der Waals surface area contributed by atoms with Gasteiger partial charge >= 0.3 is 0 Å². The highest BCUT2D eigenvalue weighted by Gasteiger charge is 2.31. The minimum atomic E-state index is -0.567. The van der Waals surface area contributed by atoms with Gasteiger partial charge in [-0.05, 0) is 33.6 Å². The van der Waals surface area contributed by atoms with Crippen molar-refractivity contribution in [1.29, 1.82) is 0 Å². The molecule has 0 heterocycles. The zero-order valence-corrected chi connectivity index (χ0v) is 10.9. The Morgan fingerprint density at radius 2 is 1.69 bits per heavy atom. The molecule has 96 valence electrons. The minimum absolute atomic E-state index is 0.331. The van der Waals surface area contributed by atoms with E-state index in [1.807, 2.05) is 13.8 Å². The van der Waals surface area contributed by atoms with Gasteiger partial charge < -0.3 is 15.5 Å². The molecule has 0 aromatic heterocycles. The van der Waals surface area contributed by atoms with Crippen LogP contribution in [-0.2, 0) is 0 Å². The standard InChI is InChI=1S/C13H27NO2/c1-11(15)12(2,3)14-10-13(16)8-6-4-5-7-9-13/h11,14-16H,4-10H2,1-3H3. The van der Waals surface area contributed by atoms with E-state index >= 15 is 0 Å². The molecule has 1 fully saturated rings. The highest BCUT2D eigenvalue weighted by Crippen LogP contribution is 2.27. The molecule has 1 unspecified atom stereocenters. The molecule has 1 aliphatic carbocycles. The molecule has 0 aromatic carbocycles. The fraction of sp³-hybridized carbons (Fsp3) is 1.00. The maximum absolute atomic E-state index is 10.5. The molecule has 0 saturated heterocycles. The summed E-state index contributed by atoms with van der Waals surface area (Å²) in [5.74, 6) is 0. The van der Waals surface area contributed by atoms with Crippen LogP contribution in [0.5, 0.6) is 0 Å². The summed E-state index contributed by atoms with van der Waals surface area (Å²) < 4.78 is 0. The van der Waals surface area contributed by atoms with E-state index in [0.29, 0.717) is 6.54 Å². The third-order valence-electron chi connectivity index (χ3n) is 3.95. The van der Waals surface area contributed by atoms with Crippen molar-refractivity contribution >= 4 is 0 Å². The van der Waals surface area contributed by atoms with Gasteiger partial charge in [0.2, 0.25) is 0 Å². The molecule has 3 N–H and O–H groups in total. The summed E-state index contributed by atoms with van der Waals surface area (Å²) in [7, 11) is 0. The molecule has 0 aliphatic heterocycles. The van der Waals surface area contributed by atoms with Crippen molar-refractivity contribution in [3.8, 4) is 0 Å². The van der Waals surface area contributed by atoms with Gasteiger partial charge in [-0.2, -0.15) is 0 Å². The smallest absolute Gasteiger partial charge is 0.0771 e. The summed E-state index contributed by atoms with van der Waals surface area (Å²) in [6.45, 7) is 6.31. The first-order valence-electron chi connectivity index (χ1n) is 6.51. The van der Waals surface area contributed by atoms with Gasteiger partial charge in [0.25, 0.3) is 0 Å². The molecule has 0 spiro atoms. The predicted molar refractivity (Wildman–Crippen MR) is 66.4 cm³/mol. The van der Waals surface area contributed by atoms with Crippen LogP contribution >= 0.6 is 0 Å². The van der Waals surface area contributed by atoms with Crippen LogP contribution in [0, 0.1) is 0 Å². The molecular formula is C13H27NO2. The molecule has 1 atom stereocenters. The molecule has 3 nitrogen and oxygen atoms in total. The van der Waals surface area contributed by atoms with Crippen molar-refractivity contribution in [2.75, 3.05) is 6.54 Å². The zero-order valence-electron chi connectivity index (χ0n) is 10.9. The Bertz CT molecular complexity index is 206. The van der Waals surface area contributed by atoms with Crippen LogP contribution in [0.4, 0.5) is 0 Å². The van der Waals surface area contributed by atoms with Crippen LogP contribution < -0.4 is 5.32 Å². The molecule has 0 aromatic rings. The maximum Gasteiger partial charge on any atom is 0.0771 e. The van der Waals surface area contributed by atoms with Crippen molar-refractivity contribution in [2.45, 2.75) is 76.5 Å². The van der Waals surface area contributed by atoms with Crippen molar-refractivity contribution < 1.29 is 10.2 Å². The fourth-order valence-corrected chi connectivity index (χ4v) is 2.10. The van der Waals surface area contributed by atoms with E-state index in [9.17, 15) is 10.2 Å². The highest BCUT2D eigenvalue weighted by molar-refractivity contribution is 4.90. The van der Waals surface area contributed by atoms with Crippen LogP contribution in [0.3, 0.4) is 0 Å². The van der Waals surface area contributed by atoms with Gasteiger partial charge in [0.15, 0.2) is 0 Å². The van der Waals surface area contributed by atoms with Crippen LogP contribution in [0.15, 0.2) is 0 Å². The molecule has 1 saturated carbocycles. The normalized spacial score (nSPS) is 23.8. The highest BCUT2D eigenvalue weighted by atomic mass is 16.3. The number of nitrogens with one attached hydrogen (secondary N) is 1. The average molecular weight is 229 g/mol. The Kier molecular flexibility index (Phi) is 4.77. The summed E-state index contributed by atoms with van der Waals surface area (Å²) in [5.41, 5.74) is -0.898. The van der Waals surface area contributed by atoms with E-state index in [2.05, 4.69) is 5.32 Å². The lowest BCUT2D eigenvalue weighted by Gasteiger charge is -2.35. The first kappa shape index (κ1) is 13.9. The lowest BCUT2D eigenvalue weighted by atomic mass is 9.91. The lowest BCUT2D eigenvalue weighted by molar-refractivity contribution is 0.00687. The van der Waals surface area contributed by atoms with Gasteiger partial charge in [-0.3, -0.25) is 0 Å². The van der Waals surface area contributed by atoms with E-state index in [0.717, 1.165) is 25.7 Å². The molecule has 0 radical (unpaired) electrons. The monoisotopic (exact) mass is 229 g/mol. The van der Waals surface area contributed by atoms with Crippen molar-refractivity contribution in [1.82, 2.24) is 5.32 Å². The first-order valence-corrected chi connectivity index (χ1v) is 6.51. The number of rotatable bonds is 4. The Labute approximate surface area is 99.3 Å². The Balaban J connectivity index is 2.46. The Morgan fingerprint density at radius 3 is 2.12 bits per heavy atom. The number of hydrogen-bond acceptors (Lipinski definition) is 3. The topological polar surface area (TPSA) is 52.5 Å². The quantitative estimate of drug-likeness (QED) is 0.645. The summed E-state index contributed by atoms with van der Waals surface area (Å²) in [4.78, 5) is 0. The largest absolute Gasteiger partial charge is 0.392 e. The predicted octanol–water partition coefficient (Wildman–Crippen LogP) is 1.82.